The number of hydrogen-bond donors (Lipinski definition) is 1. The van der Waals surface area contributed by atoms with Crippen molar-refractivity contribution in [3.05, 3.63) is 12.2 Å². The molecule has 5 fully saturated rings. The number of rotatable bonds is 1. The minimum absolute atomic E-state index is 0.269. The van der Waals surface area contributed by atoms with Gasteiger partial charge in [-0.2, -0.15) is 0 Å². The van der Waals surface area contributed by atoms with Crippen LogP contribution in [0.2, 0.25) is 0 Å². The van der Waals surface area contributed by atoms with Gasteiger partial charge in [0.1, 0.15) is 12.2 Å². The van der Waals surface area contributed by atoms with Gasteiger partial charge in [-0.1, -0.05) is 12.2 Å². The molecule has 2 bridgehead atoms. The van der Waals surface area contributed by atoms with E-state index >= 15 is 0 Å². The molecule has 3 heterocycles. The van der Waals surface area contributed by atoms with Crippen molar-refractivity contribution in [2.75, 3.05) is 0 Å². The van der Waals surface area contributed by atoms with Crippen LogP contribution in [0.15, 0.2) is 12.2 Å². The Labute approximate surface area is 121 Å². The third-order valence-corrected chi connectivity index (χ3v) is 6.60. The fourth-order valence-corrected chi connectivity index (χ4v) is 5.59. The molecule has 0 radical (unpaired) electrons. The summed E-state index contributed by atoms with van der Waals surface area (Å²) in [5.74, 6) is -1.86. The number of epoxide rings is 1. The van der Waals surface area contributed by atoms with Crippen LogP contribution in [0.3, 0.4) is 0 Å². The maximum atomic E-state index is 12.3. The third kappa shape index (κ3) is 0.874. The first-order valence-electron chi connectivity index (χ1n) is 7.26. The Balaban J connectivity index is 1.78. The van der Waals surface area contributed by atoms with Gasteiger partial charge < -0.3 is 19.3 Å². The molecule has 2 saturated carbocycles. The van der Waals surface area contributed by atoms with Crippen molar-refractivity contribution in [1.82, 2.24) is 0 Å². The molecule has 5 rings (SSSR count). The topological polar surface area (TPSA) is 85.4 Å². The highest BCUT2D eigenvalue weighted by molar-refractivity contribution is 5.91. The number of hydrogen-bond acceptors (Lipinski definition) is 6. The Morgan fingerprint density at radius 1 is 1.38 bits per heavy atom. The van der Waals surface area contributed by atoms with Crippen LogP contribution in [-0.2, 0) is 23.8 Å². The van der Waals surface area contributed by atoms with E-state index in [1.807, 2.05) is 6.92 Å². The Kier molecular flexibility index (Phi) is 1.68. The lowest BCUT2D eigenvalue weighted by Gasteiger charge is -2.51. The van der Waals surface area contributed by atoms with E-state index in [1.165, 1.54) is 0 Å². The summed E-state index contributed by atoms with van der Waals surface area (Å²) < 4.78 is 16.6. The molecule has 0 unspecified atom stereocenters. The number of ether oxygens (including phenoxy) is 3. The van der Waals surface area contributed by atoms with Gasteiger partial charge in [0.15, 0.2) is 6.10 Å². The van der Waals surface area contributed by atoms with Crippen LogP contribution < -0.4 is 0 Å². The van der Waals surface area contributed by atoms with E-state index in [-0.39, 0.29) is 18.4 Å². The number of carbonyl (C=O) groups is 2. The van der Waals surface area contributed by atoms with E-state index in [0.29, 0.717) is 0 Å². The van der Waals surface area contributed by atoms with Crippen molar-refractivity contribution in [2.24, 2.45) is 17.3 Å². The van der Waals surface area contributed by atoms with E-state index < -0.39 is 46.7 Å². The SMILES string of the molecule is C=C(C)[C@H]1[C@@H]2OC(=O)[C@H]1[C@@]1(O)C[C@@H]3O[C@@]34C(=O)O[C@@H]2[C@@]14C. The molecular weight excluding hydrogens is 276 g/mol. The van der Waals surface area contributed by atoms with Gasteiger partial charge in [-0.05, 0) is 13.8 Å². The summed E-state index contributed by atoms with van der Waals surface area (Å²) in [5, 5.41) is 11.4. The van der Waals surface area contributed by atoms with E-state index in [2.05, 4.69) is 6.58 Å². The van der Waals surface area contributed by atoms with Crippen LogP contribution in [0, 0.1) is 17.3 Å². The molecule has 0 aromatic heterocycles. The van der Waals surface area contributed by atoms with Gasteiger partial charge in [0.25, 0.3) is 0 Å². The van der Waals surface area contributed by atoms with Crippen molar-refractivity contribution in [2.45, 2.75) is 49.8 Å². The Morgan fingerprint density at radius 3 is 2.76 bits per heavy atom. The van der Waals surface area contributed by atoms with Crippen molar-refractivity contribution in [1.29, 1.82) is 0 Å². The fourth-order valence-electron chi connectivity index (χ4n) is 5.59. The van der Waals surface area contributed by atoms with Gasteiger partial charge in [0.2, 0.25) is 5.60 Å². The van der Waals surface area contributed by atoms with Crippen molar-refractivity contribution < 1.29 is 28.9 Å². The molecule has 21 heavy (non-hydrogen) atoms. The highest BCUT2D eigenvalue weighted by Crippen LogP contribution is 2.76. The summed E-state index contributed by atoms with van der Waals surface area (Å²) in [6, 6.07) is 0. The molecule has 112 valence electrons. The molecule has 1 spiro atoms. The molecule has 0 aromatic rings. The molecular formula is C15H16O6. The van der Waals surface area contributed by atoms with Crippen molar-refractivity contribution in [3.63, 3.8) is 0 Å². The summed E-state index contributed by atoms with van der Waals surface area (Å²) in [4.78, 5) is 24.7. The monoisotopic (exact) mass is 292 g/mol. The lowest BCUT2D eigenvalue weighted by Crippen LogP contribution is -2.66. The number of aliphatic hydroxyl groups is 1. The molecule has 2 aliphatic carbocycles. The summed E-state index contributed by atoms with van der Waals surface area (Å²) in [5.41, 5.74) is -2.60. The van der Waals surface area contributed by atoms with Gasteiger partial charge >= 0.3 is 11.9 Å². The first kappa shape index (κ1) is 12.2. The summed E-state index contributed by atoms with van der Waals surface area (Å²) in [6.45, 7) is 7.55. The Bertz CT molecular complexity index is 642. The fraction of sp³-hybridized carbons (Fsp3) is 0.733. The van der Waals surface area contributed by atoms with Crippen LogP contribution >= 0.6 is 0 Å². The lowest BCUT2D eigenvalue weighted by atomic mass is 9.53. The summed E-state index contributed by atoms with van der Waals surface area (Å²) in [6.07, 6.45) is -1.34. The molecule has 5 aliphatic rings. The van der Waals surface area contributed by atoms with Crippen LogP contribution in [0.25, 0.3) is 0 Å². The van der Waals surface area contributed by atoms with E-state index in [0.717, 1.165) is 5.57 Å². The maximum absolute atomic E-state index is 12.3. The zero-order chi connectivity index (χ0) is 14.9. The zero-order valence-corrected chi connectivity index (χ0v) is 11.8. The van der Waals surface area contributed by atoms with Gasteiger partial charge in [0, 0.05) is 12.3 Å². The molecule has 8 atom stereocenters. The van der Waals surface area contributed by atoms with Crippen molar-refractivity contribution in [3.8, 4) is 0 Å². The second-order valence-corrected chi connectivity index (χ2v) is 7.25. The molecule has 3 aliphatic heterocycles. The second-order valence-electron chi connectivity index (χ2n) is 7.25. The van der Waals surface area contributed by atoms with E-state index in [1.54, 1.807) is 6.92 Å². The Morgan fingerprint density at radius 2 is 2.10 bits per heavy atom. The first-order chi connectivity index (χ1) is 9.79. The smallest absolute Gasteiger partial charge is 0.342 e. The van der Waals surface area contributed by atoms with Crippen LogP contribution in [0.5, 0.6) is 0 Å². The summed E-state index contributed by atoms with van der Waals surface area (Å²) >= 11 is 0. The minimum Gasteiger partial charge on any atom is -0.457 e. The van der Waals surface area contributed by atoms with Gasteiger partial charge in [-0.3, -0.25) is 4.79 Å². The van der Waals surface area contributed by atoms with E-state index in [4.69, 9.17) is 14.2 Å². The molecule has 0 amide bonds. The highest BCUT2D eigenvalue weighted by Gasteiger charge is 2.95. The number of esters is 2. The molecule has 6 heteroatoms. The standard InChI is InChI=1S/C15H16O6/c1-5(2)7-8-11(16)19-9(7)10-13(3)14(8,18)4-6-15(13,21-6)12(17)20-10/h6-10,18H,1,4H2,2-3H3/t6-,7+,8-,9-,10-,13-,14-,15+/m0/s1. The highest BCUT2D eigenvalue weighted by atomic mass is 16.7. The number of carbonyl (C=O) groups excluding carboxylic acids is 2. The van der Waals surface area contributed by atoms with Crippen molar-refractivity contribution >= 4 is 11.9 Å². The lowest BCUT2D eigenvalue weighted by molar-refractivity contribution is -0.195. The van der Waals surface area contributed by atoms with Crippen LogP contribution in [0.4, 0.5) is 0 Å². The zero-order valence-electron chi connectivity index (χ0n) is 11.8. The predicted octanol–water partition coefficient (Wildman–Crippen LogP) is -0.0620. The van der Waals surface area contributed by atoms with E-state index in [9.17, 15) is 14.7 Å². The number of fused-ring (bicyclic) bond motifs is 4. The van der Waals surface area contributed by atoms with Gasteiger partial charge in [-0.15, -0.1) is 0 Å². The normalized spacial score (nSPS) is 62.0. The molecule has 1 N–H and O–H groups in total. The first-order valence-corrected chi connectivity index (χ1v) is 7.26. The van der Waals surface area contributed by atoms with Crippen LogP contribution in [-0.4, -0.2) is 46.6 Å². The average Bonchev–Trinajstić information content (AvgIpc) is 2.86. The minimum atomic E-state index is -1.35. The molecule has 3 saturated heterocycles. The van der Waals surface area contributed by atoms with Gasteiger partial charge in [-0.25, -0.2) is 4.79 Å². The Hall–Kier alpha value is -1.40. The maximum Gasteiger partial charge on any atom is 0.342 e. The van der Waals surface area contributed by atoms with Gasteiger partial charge in [0.05, 0.1) is 16.9 Å². The average molecular weight is 292 g/mol. The molecule has 0 aromatic carbocycles. The summed E-state index contributed by atoms with van der Waals surface area (Å²) in [7, 11) is 0. The second kappa shape index (κ2) is 2.90. The predicted molar refractivity (Wildman–Crippen MR) is 66.8 cm³/mol. The van der Waals surface area contributed by atoms with Crippen LogP contribution in [0.1, 0.15) is 20.3 Å². The quantitative estimate of drug-likeness (QED) is 0.414. The molecule has 6 nitrogen and oxygen atoms in total. The largest absolute Gasteiger partial charge is 0.457 e. The third-order valence-electron chi connectivity index (χ3n) is 6.60.